The number of aromatic nitrogens is 2. The number of rotatable bonds is 1. The van der Waals surface area contributed by atoms with Gasteiger partial charge in [0.25, 0.3) is 0 Å². The van der Waals surface area contributed by atoms with Crippen LogP contribution in [0.3, 0.4) is 0 Å². The van der Waals surface area contributed by atoms with Crippen molar-refractivity contribution in [3.63, 3.8) is 0 Å². The molecule has 0 aromatic carbocycles. The van der Waals surface area contributed by atoms with Crippen molar-refractivity contribution in [2.45, 2.75) is 26.3 Å². The second kappa shape index (κ2) is 3.14. The smallest absolute Gasteiger partial charge is 0.150 e. The van der Waals surface area contributed by atoms with Gasteiger partial charge >= 0.3 is 0 Å². The van der Waals surface area contributed by atoms with Gasteiger partial charge in [-0.1, -0.05) is 11.6 Å². The second-order valence-electron chi connectivity index (χ2n) is 3.48. The van der Waals surface area contributed by atoms with Gasteiger partial charge in [-0.15, -0.1) is 0 Å². The number of Topliss-reactive ketones (excluding diaryl/α,β-unsaturated/α-hetero) is 1. The summed E-state index contributed by atoms with van der Waals surface area (Å²) in [5.41, 5.74) is 1.07. The number of carbonyl (C=O) groups is 1. The van der Waals surface area contributed by atoms with Crippen molar-refractivity contribution >= 4 is 17.4 Å². The van der Waals surface area contributed by atoms with Crippen LogP contribution < -0.4 is 0 Å². The van der Waals surface area contributed by atoms with E-state index in [1.165, 1.54) is 0 Å². The van der Waals surface area contributed by atoms with E-state index in [1.54, 1.807) is 13.3 Å². The molecule has 4 heteroatoms. The van der Waals surface area contributed by atoms with Crippen LogP contribution in [0.5, 0.6) is 0 Å². The molecule has 70 valence electrons. The zero-order valence-electron chi connectivity index (χ0n) is 7.46. The molecule has 13 heavy (non-hydrogen) atoms. The Balaban J connectivity index is 2.25. The van der Waals surface area contributed by atoms with Crippen molar-refractivity contribution in [3.05, 3.63) is 17.2 Å². The van der Waals surface area contributed by atoms with Crippen LogP contribution in [0.4, 0.5) is 0 Å². The maximum Gasteiger partial charge on any atom is 0.150 e. The first kappa shape index (κ1) is 8.75. The quantitative estimate of drug-likeness (QED) is 0.689. The summed E-state index contributed by atoms with van der Waals surface area (Å²) in [6, 6.07) is 0. The maximum absolute atomic E-state index is 11.1. The zero-order chi connectivity index (χ0) is 9.42. The van der Waals surface area contributed by atoms with Gasteiger partial charge < -0.3 is 4.57 Å². The van der Waals surface area contributed by atoms with Crippen molar-refractivity contribution in [1.82, 2.24) is 9.55 Å². The summed E-state index contributed by atoms with van der Waals surface area (Å²) >= 11 is 5.87. The normalized spacial score (nSPS) is 21.2. The lowest BCUT2D eigenvalue weighted by Gasteiger charge is -2.21. The van der Waals surface area contributed by atoms with E-state index in [1.807, 2.05) is 4.57 Å². The molecule has 3 nitrogen and oxygen atoms in total. The van der Waals surface area contributed by atoms with E-state index in [-0.39, 0.29) is 11.7 Å². The Morgan fingerprint density at radius 2 is 2.54 bits per heavy atom. The summed E-state index contributed by atoms with van der Waals surface area (Å²) in [7, 11) is 0. The van der Waals surface area contributed by atoms with Gasteiger partial charge in [0.15, 0.2) is 0 Å². The Kier molecular flexibility index (Phi) is 2.12. The van der Waals surface area contributed by atoms with Gasteiger partial charge in [0.2, 0.25) is 0 Å². The predicted octanol–water partition coefficient (Wildman–Crippen LogP) is 1.69. The molecule has 0 bridgehead atoms. The summed E-state index contributed by atoms with van der Waals surface area (Å²) in [6.45, 7) is 2.39. The molecule has 0 saturated heterocycles. The molecule has 1 unspecified atom stereocenters. The first-order valence-electron chi connectivity index (χ1n) is 4.38. The van der Waals surface area contributed by atoms with Crippen LogP contribution in [0, 0.1) is 5.92 Å². The fourth-order valence-electron chi connectivity index (χ4n) is 1.76. The van der Waals surface area contributed by atoms with Crippen LogP contribution >= 0.6 is 11.6 Å². The minimum absolute atomic E-state index is 0.151. The van der Waals surface area contributed by atoms with Crippen LogP contribution in [0.2, 0.25) is 5.15 Å². The van der Waals surface area contributed by atoms with Crippen LogP contribution in [0.25, 0.3) is 0 Å². The van der Waals surface area contributed by atoms with Crippen molar-refractivity contribution in [3.8, 4) is 0 Å². The molecule has 1 aromatic rings. The maximum atomic E-state index is 11.1. The van der Waals surface area contributed by atoms with Crippen LogP contribution in [0.15, 0.2) is 6.33 Å². The van der Waals surface area contributed by atoms with Crippen LogP contribution in [-0.4, -0.2) is 15.3 Å². The monoisotopic (exact) mass is 198 g/mol. The third-order valence-corrected chi connectivity index (χ3v) is 2.93. The van der Waals surface area contributed by atoms with Crippen molar-refractivity contribution in [2.75, 3.05) is 0 Å². The van der Waals surface area contributed by atoms with Crippen LogP contribution in [-0.2, 0) is 17.8 Å². The molecule has 0 fully saturated rings. The van der Waals surface area contributed by atoms with Crippen molar-refractivity contribution in [2.24, 2.45) is 5.92 Å². The van der Waals surface area contributed by atoms with Gasteiger partial charge in [-0.25, -0.2) is 4.98 Å². The molecule has 0 radical (unpaired) electrons. The second-order valence-corrected chi connectivity index (χ2v) is 3.84. The SMILES string of the molecule is CC(=O)C1CCc2c(Cl)ncn2C1. The minimum Gasteiger partial charge on any atom is -0.332 e. The van der Waals surface area contributed by atoms with Gasteiger partial charge in [0, 0.05) is 12.5 Å². The van der Waals surface area contributed by atoms with Gasteiger partial charge in [-0.3, -0.25) is 4.79 Å². The molecule has 0 saturated carbocycles. The number of hydrogen-bond donors (Lipinski definition) is 0. The fourth-order valence-corrected chi connectivity index (χ4v) is 2.01. The summed E-state index contributed by atoms with van der Waals surface area (Å²) in [5.74, 6) is 0.410. The first-order valence-corrected chi connectivity index (χ1v) is 4.76. The highest BCUT2D eigenvalue weighted by Gasteiger charge is 2.23. The molecule has 1 atom stereocenters. The molecule has 2 rings (SSSR count). The Morgan fingerprint density at radius 1 is 1.77 bits per heavy atom. The highest BCUT2D eigenvalue weighted by atomic mass is 35.5. The number of ketones is 1. The molecule has 0 spiro atoms. The molecule has 2 heterocycles. The van der Waals surface area contributed by atoms with E-state index < -0.39 is 0 Å². The number of fused-ring (bicyclic) bond motifs is 1. The number of carbonyl (C=O) groups excluding carboxylic acids is 1. The predicted molar refractivity (Wildman–Crippen MR) is 49.7 cm³/mol. The topological polar surface area (TPSA) is 34.9 Å². The number of nitrogens with zero attached hydrogens (tertiary/aromatic N) is 2. The summed E-state index contributed by atoms with van der Waals surface area (Å²) < 4.78 is 1.98. The highest BCUT2D eigenvalue weighted by molar-refractivity contribution is 6.30. The van der Waals surface area contributed by atoms with Gasteiger partial charge in [0.05, 0.1) is 12.0 Å². The summed E-state index contributed by atoms with van der Waals surface area (Å²) in [5, 5.41) is 0.585. The van der Waals surface area contributed by atoms with E-state index >= 15 is 0 Å². The van der Waals surface area contributed by atoms with E-state index in [0.717, 1.165) is 25.1 Å². The molecule has 1 aromatic heterocycles. The average molecular weight is 199 g/mol. The van der Waals surface area contributed by atoms with Gasteiger partial charge in [0.1, 0.15) is 10.9 Å². The third-order valence-electron chi connectivity index (χ3n) is 2.62. The molecule has 0 amide bonds. The number of hydrogen-bond acceptors (Lipinski definition) is 2. The highest BCUT2D eigenvalue weighted by Crippen LogP contribution is 2.25. The van der Waals surface area contributed by atoms with E-state index in [0.29, 0.717) is 5.15 Å². The Bertz CT molecular complexity index is 345. The van der Waals surface area contributed by atoms with Gasteiger partial charge in [-0.05, 0) is 19.8 Å². The minimum atomic E-state index is 0.151. The Hall–Kier alpha value is -0.830. The molecular weight excluding hydrogens is 188 g/mol. The standard InChI is InChI=1S/C9H11ClN2O/c1-6(13)7-2-3-8-9(10)11-5-12(8)4-7/h5,7H,2-4H2,1H3. The lowest BCUT2D eigenvalue weighted by atomic mass is 9.95. The lowest BCUT2D eigenvalue weighted by molar-refractivity contribution is -0.121. The summed E-state index contributed by atoms with van der Waals surface area (Å²) in [4.78, 5) is 15.2. The fraction of sp³-hybridized carbons (Fsp3) is 0.556. The molecule has 1 aliphatic rings. The molecule has 0 N–H and O–H groups in total. The van der Waals surface area contributed by atoms with E-state index in [2.05, 4.69) is 4.98 Å². The molecule has 0 aliphatic carbocycles. The number of halogens is 1. The van der Waals surface area contributed by atoms with Crippen molar-refractivity contribution in [1.29, 1.82) is 0 Å². The summed E-state index contributed by atoms with van der Waals surface area (Å²) in [6.07, 6.45) is 3.48. The van der Waals surface area contributed by atoms with Crippen LogP contribution in [0.1, 0.15) is 19.0 Å². The molecule has 1 aliphatic heterocycles. The first-order chi connectivity index (χ1) is 6.18. The largest absolute Gasteiger partial charge is 0.332 e. The van der Waals surface area contributed by atoms with Crippen molar-refractivity contribution < 1.29 is 4.79 Å². The Morgan fingerprint density at radius 3 is 3.23 bits per heavy atom. The van der Waals surface area contributed by atoms with E-state index in [4.69, 9.17) is 11.6 Å². The Labute approximate surface area is 81.7 Å². The third kappa shape index (κ3) is 1.48. The van der Waals surface area contributed by atoms with Gasteiger partial charge in [-0.2, -0.15) is 0 Å². The lowest BCUT2D eigenvalue weighted by Crippen LogP contribution is -2.24. The zero-order valence-corrected chi connectivity index (χ0v) is 8.21. The molecular formula is C9H11ClN2O. The average Bonchev–Trinajstić information content (AvgIpc) is 2.47. The van der Waals surface area contributed by atoms with E-state index in [9.17, 15) is 4.79 Å². The number of imidazole rings is 1.